The van der Waals surface area contributed by atoms with Gasteiger partial charge in [0.1, 0.15) is 5.60 Å². The number of nitrogens with zero attached hydrogens (tertiary/aromatic N) is 2. The van der Waals surface area contributed by atoms with E-state index >= 15 is 0 Å². The zero-order chi connectivity index (χ0) is 19.6. The van der Waals surface area contributed by atoms with Crippen LogP contribution < -0.4 is 4.90 Å². The number of furan rings is 1. The van der Waals surface area contributed by atoms with Gasteiger partial charge in [0, 0.05) is 31.9 Å². The van der Waals surface area contributed by atoms with Gasteiger partial charge in [0.15, 0.2) is 11.5 Å². The van der Waals surface area contributed by atoms with Crippen molar-refractivity contribution in [2.45, 2.75) is 19.4 Å². The number of carbonyl (C=O) groups is 1. The molecular formula is C20H20Cl2N2O3. The number of hydrogen-bond acceptors (Lipinski definition) is 4. The van der Waals surface area contributed by atoms with Gasteiger partial charge in [-0.3, -0.25) is 4.79 Å². The Hall–Kier alpha value is -2.13. The van der Waals surface area contributed by atoms with E-state index in [2.05, 4.69) is 16.7 Å². The van der Waals surface area contributed by atoms with E-state index in [0.717, 1.165) is 5.69 Å². The van der Waals surface area contributed by atoms with Gasteiger partial charge in [-0.1, -0.05) is 29.1 Å². The normalized spacial score (nSPS) is 14.7. The first kappa shape index (κ1) is 19.6. The zero-order valence-corrected chi connectivity index (χ0v) is 16.6. The highest BCUT2D eigenvalue weighted by molar-refractivity contribution is 6.42. The maximum atomic E-state index is 12.6. The Labute approximate surface area is 168 Å². The van der Waals surface area contributed by atoms with Crippen LogP contribution in [-0.4, -0.2) is 47.7 Å². The van der Waals surface area contributed by atoms with Crippen molar-refractivity contribution in [2.75, 3.05) is 31.1 Å². The molecule has 0 aliphatic carbocycles. The summed E-state index contributed by atoms with van der Waals surface area (Å²) in [6, 6.07) is 8.78. The summed E-state index contributed by atoms with van der Waals surface area (Å²) < 4.78 is 5.51. The van der Waals surface area contributed by atoms with Crippen LogP contribution in [0.1, 0.15) is 30.2 Å². The molecule has 5 nitrogen and oxygen atoms in total. The van der Waals surface area contributed by atoms with Gasteiger partial charge < -0.3 is 19.3 Å². The molecule has 0 saturated carbocycles. The second kappa shape index (κ2) is 7.85. The molecule has 7 heteroatoms. The fourth-order valence-corrected chi connectivity index (χ4v) is 3.03. The van der Waals surface area contributed by atoms with E-state index in [4.69, 9.17) is 27.6 Å². The molecule has 1 saturated heterocycles. The number of piperazine rings is 1. The van der Waals surface area contributed by atoms with Crippen molar-refractivity contribution >= 4 is 34.8 Å². The number of benzene rings is 1. The van der Waals surface area contributed by atoms with Crippen LogP contribution in [0.15, 0.2) is 34.7 Å². The summed E-state index contributed by atoms with van der Waals surface area (Å²) in [5.74, 6) is 5.83. The largest absolute Gasteiger partial charge is 0.443 e. The smallest absolute Gasteiger partial charge is 0.289 e. The van der Waals surface area contributed by atoms with Gasteiger partial charge in [-0.05, 0) is 50.1 Å². The molecular weight excluding hydrogens is 387 g/mol. The summed E-state index contributed by atoms with van der Waals surface area (Å²) in [5, 5.41) is 10.7. The lowest BCUT2D eigenvalue weighted by atomic mass is 10.1. The van der Waals surface area contributed by atoms with Crippen molar-refractivity contribution in [1.82, 2.24) is 4.90 Å². The van der Waals surface area contributed by atoms with Gasteiger partial charge in [-0.25, -0.2) is 0 Å². The van der Waals surface area contributed by atoms with Crippen LogP contribution >= 0.6 is 23.2 Å². The summed E-state index contributed by atoms with van der Waals surface area (Å²) in [7, 11) is 0. The average Bonchev–Trinajstić information content (AvgIpc) is 3.10. The van der Waals surface area contributed by atoms with E-state index in [0.29, 0.717) is 42.0 Å². The van der Waals surface area contributed by atoms with E-state index in [-0.39, 0.29) is 11.7 Å². The minimum atomic E-state index is -1.11. The molecule has 2 aromatic rings. The molecule has 0 unspecified atom stereocenters. The van der Waals surface area contributed by atoms with E-state index in [1.54, 1.807) is 36.9 Å². The van der Waals surface area contributed by atoms with E-state index < -0.39 is 5.60 Å². The van der Waals surface area contributed by atoms with Crippen LogP contribution in [-0.2, 0) is 0 Å². The molecule has 3 rings (SSSR count). The summed E-state index contributed by atoms with van der Waals surface area (Å²) in [6.45, 7) is 5.70. The van der Waals surface area contributed by atoms with Gasteiger partial charge in [-0.15, -0.1) is 0 Å². The summed E-state index contributed by atoms with van der Waals surface area (Å²) in [6.07, 6.45) is 0. The third-order valence-electron chi connectivity index (χ3n) is 4.14. The molecule has 0 atom stereocenters. The molecule has 1 aromatic carbocycles. The second-order valence-electron chi connectivity index (χ2n) is 6.85. The maximum absolute atomic E-state index is 12.6. The van der Waals surface area contributed by atoms with Gasteiger partial charge in [0.2, 0.25) is 0 Å². The monoisotopic (exact) mass is 406 g/mol. The molecule has 2 heterocycles. The molecule has 1 aliphatic rings. The predicted octanol–water partition coefficient (Wildman–Crippen LogP) is 3.67. The van der Waals surface area contributed by atoms with Gasteiger partial charge in [0.05, 0.1) is 10.0 Å². The first-order chi connectivity index (χ1) is 12.7. The van der Waals surface area contributed by atoms with Crippen LogP contribution in [0.5, 0.6) is 0 Å². The second-order valence-corrected chi connectivity index (χ2v) is 7.66. The average molecular weight is 407 g/mol. The molecule has 1 aliphatic heterocycles. The van der Waals surface area contributed by atoms with Crippen molar-refractivity contribution in [2.24, 2.45) is 0 Å². The quantitative estimate of drug-likeness (QED) is 0.772. The van der Waals surface area contributed by atoms with Crippen LogP contribution in [0.3, 0.4) is 0 Å². The Kier molecular flexibility index (Phi) is 5.71. The molecule has 0 spiro atoms. The minimum absolute atomic E-state index is 0.167. The molecule has 1 N–H and O–H groups in total. The molecule has 1 fully saturated rings. The number of amides is 1. The Bertz CT molecular complexity index is 898. The summed E-state index contributed by atoms with van der Waals surface area (Å²) in [4.78, 5) is 16.5. The fraction of sp³-hybridized carbons (Fsp3) is 0.350. The van der Waals surface area contributed by atoms with Gasteiger partial charge in [-0.2, -0.15) is 0 Å². The Morgan fingerprint density at radius 3 is 2.44 bits per heavy atom. The number of rotatable bonds is 2. The van der Waals surface area contributed by atoms with Crippen LogP contribution in [0.4, 0.5) is 5.69 Å². The lowest BCUT2D eigenvalue weighted by Crippen LogP contribution is -2.48. The third kappa shape index (κ3) is 4.98. The van der Waals surface area contributed by atoms with Crippen LogP contribution in [0.25, 0.3) is 0 Å². The van der Waals surface area contributed by atoms with Crippen molar-refractivity contribution in [3.8, 4) is 11.8 Å². The highest BCUT2D eigenvalue weighted by Gasteiger charge is 2.24. The van der Waals surface area contributed by atoms with Crippen molar-refractivity contribution in [3.05, 3.63) is 51.9 Å². The fourth-order valence-electron chi connectivity index (χ4n) is 2.74. The number of aliphatic hydroxyl groups is 1. The standard InChI is InChI=1S/C20H20Cl2N2O3/c1-20(2,26)8-7-15-4-6-18(27-15)19(25)24-11-9-23(10-12-24)14-3-5-16(21)17(22)13-14/h3-6,13,26H,9-12H2,1-2H3. The molecule has 0 radical (unpaired) electrons. The predicted molar refractivity (Wildman–Crippen MR) is 106 cm³/mol. The van der Waals surface area contributed by atoms with E-state index in [9.17, 15) is 9.90 Å². The summed E-state index contributed by atoms with van der Waals surface area (Å²) >= 11 is 12.1. The number of halogens is 2. The number of hydrogen-bond donors (Lipinski definition) is 1. The first-order valence-electron chi connectivity index (χ1n) is 8.57. The minimum Gasteiger partial charge on any atom is -0.443 e. The SMILES string of the molecule is CC(C)(O)C#Cc1ccc(C(=O)N2CCN(c3ccc(Cl)c(Cl)c3)CC2)o1. The van der Waals surface area contributed by atoms with Gasteiger partial charge >= 0.3 is 0 Å². The summed E-state index contributed by atoms with van der Waals surface area (Å²) in [5.41, 5.74) is -0.128. The van der Waals surface area contributed by atoms with Crippen molar-refractivity contribution in [1.29, 1.82) is 0 Å². The first-order valence-corrected chi connectivity index (χ1v) is 9.33. The number of anilines is 1. The highest BCUT2D eigenvalue weighted by atomic mass is 35.5. The highest BCUT2D eigenvalue weighted by Crippen LogP contribution is 2.28. The Morgan fingerprint density at radius 1 is 1.11 bits per heavy atom. The Morgan fingerprint density at radius 2 is 1.81 bits per heavy atom. The van der Waals surface area contributed by atoms with E-state index in [1.807, 2.05) is 12.1 Å². The zero-order valence-electron chi connectivity index (χ0n) is 15.1. The molecule has 142 valence electrons. The number of carbonyl (C=O) groups excluding carboxylic acids is 1. The molecule has 27 heavy (non-hydrogen) atoms. The van der Waals surface area contributed by atoms with Crippen molar-refractivity contribution < 1.29 is 14.3 Å². The van der Waals surface area contributed by atoms with Crippen LogP contribution in [0.2, 0.25) is 10.0 Å². The molecule has 0 bridgehead atoms. The van der Waals surface area contributed by atoms with Gasteiger partial charge in [0.25, 0.3) is 5.91 Å². The van der Waals surface area contributed by atoms with Crippen molar-refractivity contribution in [3.63, 3.8) is 0 Å². The maximum Gasteiger partial charge on any atom is 0.289 e. The topological polar surface area (TPSA) is 56.9 Å². The molecule has 1 amide bonds. The lowest BCUT2D eigenvalue weighted by Gasteiger charge is -2.35. The van der Waals surface area contributed by atoms with Crippen LogP contribution in [0, 0.1) is 11.8 Å². The van der Waals surface area contributed by atoms with E-state index in [1.165, 1.54) is 0 Å². The third-order valence-corrected chi connectivity index (χ3v) is 4.88. The Balaban J connectivity index is 1.62. The lowest BCUT2D eigenvalue weighted by molar-refractivity contribution is 0.0714. The molecule has 1 aromatic heterocycles.